The van der Waals surface area contributed by atoms with Gasteiger partial charge in [-0.05, 0) is 38.8 Å². The van der Waals surface area contributed by atoms with E-state index >= 15 is 0 Å². The molecule has 0 atom stereocenters. The molecule has 0 radical (unpaired) electrons. The number of rotatable bonds is 5. The minimum absolute atomic E-state index is 0.159. The molecule has 1 aromatic heterocycles. The van der Waals surface area contributed by atoms with Gasteiger partial charge in [0.15, 0.2) is 0 Å². The first-order valence-electron chi connectivity index (χ1n) is 9.89. The Morgan fingerprint density at radius 3 is 2.27 bits per heavy atom. The van der Waals surface area contributed by atoms with Gasteiger partial charge in [-0.1, -0.05) is 31.5 Å². The fourth-order valence-corrected chi connectivity index (χ4v) is 3.76. The Hall–Kier alpha value is -2.14. The first-order valence-corrected chi connectivity index (χ1v) is 9.89. The van der Waals surface area contributed by atoms with Crippen LogP contribution in [-0.4, -0.2) is 53.3 Å². The van der Waals surface area contributed by atoms with Crippen molar-refractivity contribution in [3.05, 3.63) is 46.8 Å². The molecule has 1 aromatic carbocycles. The predicted molar refractivity (Wildman–Crippen MR) is 104 cm³/mol. The fourth-order valence-electron chi connectivity index (χ4n) is 3.76. The van der Waals surface area contributed by atoms with Crippen LogP contribution in [0.3, 0.4) is 0 Å². The number of nitrogens with one attached hydrogen (secondary N) is 1. The standard InChI is InChI=1S/C21H30N4O/c1-5-18-20(21(26)24-14-12-23(7-3)13-15-24)19(6-2)25(22-18)17-10-8-16(4)9-11-17/h8-11H,5-7,12-15H2,1-4H3/p+1. The zero-order chi connectivity index (χ0) is 18.7. The molecule has 5 nitrogen and oxygen atoms in total. The number of likely N-dealkylation sites (N-methyl/N-ethyl adjacent to an activating group) is 1. The van der Waals surface area contributed by atoms with Gasteiger partial charge in [0.05, 0.1) is 55.4 Å². The van der Waals surface area contributed by atoms with Crippen LogP contribution in [0.1, 0.15) is 48.1 Å². The number of quaternary nitrogens is 1. The Morgan fingerprint density at radius 2 is 1.73 bits per heavy atom. The zero-order valence-corrected chi connectivity index (χ0v) is 16.5. The molecule has 140 valence electrons. The van der Waals surface area contributed by atoms with E-state index in [4.69, 9.17) is 5.10 Å². The summed E-state index contributed by atoms with van der Waals surface area (Å²) in [6, 6.07) is 8.35. The predicted octanol–water partition coefficient (Wildman–Crippen LogP) is 1.67. The molecule has 0 bridgehead atoms. The smallest absolute Gasteiger partial charge is 0.258 e. The quantitative estimate of drug-likeness (QED) is 0.886. The molecule has 1 aliphatic rings. The van der Waals surface area contributed by atoms with Gasteiger partial charge in [0.25, 0.3) is 5.91 Å². The highest BCUT2D eigenvalue weighted by Crippen LogP contribution is 2.22. The minimum Gasteiger partial charge on any atom is -0.332 e. The van der Waals surface area contributed by atoms with Crippen molar-refractivity contribution in [1.29, 1.82) is 0 Å². The van der Waals surface area contributed by atoms with Gasteiger partial charge >= 0.3 is 0 Å². The molecule has 0 saturated carbocycles. The number of piperazine rings is 1. The van der Waals surface area contributed by atoms with Crippen LogP contribution in [0.4, 0.5) is 0 Å². The second-order valence-corrected chi connectivity index (χ2v) is 7.12. The number of hydrogen-bond acceptors (Lipinski definition) is 2. The van der Waals surface area contributed by atoms with Gasteiger partial charge < -0.3 is 9.80 Å². The van der Waals surface area contributed by atoms with Gasteiger partial charge in [0.2, 0.25) is 0 Å². The Bertz CT molecular complexity index is 755. The highest BCUT2D eigenvalue weighted by molar-refractivity contribution is 5.96. The Morgan fingerprint density at radius 1 is 1.08 bits per heavy atom. The van der Waals surface area contributed by atoms with Gasteiger partial charge in [-0.3, -0.25) is 4.79 Å². The molecule has 1 fully saturated rings. The van der Waals surface area contributed by atoms with Crippen molar-refractivity contribution >= 4 is 5.91 Å². The lowest BCUT2D eigenvalue weighted by molar-refractivity contribution is -0.902. The van der Waals surface area contributed by atoms with E-state index in [1.54, 1.807) is 4.90 Å². The van der Waals surface area contributed by atoms with E-state index in [0.29, 0.717) is 0 Å². The van der Waals surface area contributed by atoms with E-state index in [9.17, 15) is 4.79 Å². The average molecular weight is 356 g/mol. The van der Waals surface area contributed by atoms with Crippen LogP contribution in [0.2, 0.25) is 0 Å². The SMILES string of the molecule is CCc1nn(-c2ccc(C)cc2)c(CC)c1C(=O)N1CC[NH+](CC)CC1. The Balaban J connectivity index is 1.96. The summed E-state index contributed by atoms with van der Waals surface area (Å²) in [5.41, 5.74) is 5.03. The van der Waals surface area contributed by atoms with Crippen molar-refractivity contribution in [3.8, 4) is 5.69 Å². The number of carbonyl (C=O) groups is 1. The van der Waals surface area contributed by atoms with E-state index in [2.05, 4.69) is 52.0 Å². The lowest BCUT2D eigenvalue weighted by atomic mass is 10.1. The molecule has 1 N–H and O–H groups in total. The summed E-state index contributed by atoms with van der Waals surface area (Å²) in [4.78, 5) is 16.9. The van der Waals surface area contributed by atoms with Crippen LogP contribution in [0.25, 0.3) is 5.69 Å². The highest BCUT2D eigenvalue weighted by atomic mass is 16.2. The maximum atomic E-state index is 13.3. The zero-order valence-electron chi connectivity index (χ0n) is 16.5. The van der Waals surface area contributed by atoms with Crippen LogP contribution < -0.4 is 4.90 Å². The molecule has 1 aliphatic heterocycles. The summed E-state index contributed by atoms with van der Waals surface area (Å²) < 4.78 is 1.97. The van der Waals surface area contributed by atoms with Crippen LogP contribution in [0, 0.1) is 6.92 Å². The summed E-state index contributed by atoms with van der Waals surface area (Å²) in [6.45, 7) is 13.4. The minimum atomic E-state index is 0.159. The summed E-state index contributed by atoms with van der Waals surface area (Å²) in [6.07, 6.45) is 1.56. The molecule has 5 heteroatoms. The number of benzene rings is 1. The van der Waals surface area contributed by atoms with Gasteiger partial charge in [0.1, 0.15) is 0 Å². The van der Waals surface area contributed by atoms with Gasteiger partial charge in [-0.25, -0.2) is 4.68 Å². The Labute approximate surface area is 156 Å². The van der Waals surface area contributed by atoms with E-state index in [-0.39, 0.29) is 5.91 Å². The largest absolute Gasteiger partial charge is 0.332 e. The van der Waals surface area contributed by atoms with Crippen molar-refractivity contribution in [2.45, 2.75) is 40.5 Å². The summed E-state index contributed by atoms with van der Waals surface area (Å²) >= 11 is 0. The molecule has 1 saturated heterocycles. The second kappa shape index (κ2) is 8.04. The lowest BCUT2D eigenvalue weighted by Crippen LogP contribution is -3.14. The topological polar surface area (TPSA) is 42.6 Å². The molecular weight excluding hydrogens is 324 g/mol. The Kier molecular flexibility index (Phi) is 5.77. The first-order chi connectivity index (χ1) is 12.6. The molecule has 2 aromatic rings. The third-order valence-electron chi connectivity index (χ3n) is 5.47. The van der Waals surface area contributed by atoms with Gasteiger partial charge in [0, 0.05) is 0 Å². The van der Waals surface area contributed by atoms with Gasteiger partial charge in [-0.15, -0.1) is 0 Å². The third-order valence-corrected chi connectivity index (χ3v) is 5.47. The van der Waals surface area contributed by atoms with Gasteiger partial charge in [-0.2, -0.15) is 5.10 Å². The normalized spacial score (nSPS) is 15.5. The number of aromatic nitrogens is 2. The van der Waals surface area contributed by atoms with E-state index in [1.807, 2.05) is 9.58 Å². The van der Waals surface area contributed by atoms with E-state index < -0.39 is 0 Å². The fraction of sp³-hybridized carbons (Fsp3) is 0.524. The third kappa shape index (κ3) is 3.54. The lowest BCUT2D eigenvalue weighted by Gasteiger charge is -2.31. The molecule has 0 spiro atoms. The first kappa shape index (κ1) is 18.6. The summed E-state index contributed by atoms with van der Waals surface area (Å²) in [7, 11) is 0. The van der Waals surface area contributed by atoms with E-state index in [1.165, 1.54) is 5.56 Å². The molecular formula is C21H31N4O+. The molecule has 3 rings (SSSR count). The average Bonchev–Trinajstić information content (AvgIpc) is 3.06. The molecule has 0 aliphatic carbocycles. The molecule has 1 amide bonds. The summed E-state index contributed by atoms with van der Waals surface area (Å²) in [5.74, 6) is 0.159. The van der Waals surface area contributed by atoms with Crippen molar-refractivity contribution in [2.75, 3.05) is 32.7 Å². The highest BCUT2D eigenvalue weighted by Gasteiger charge is 2.29. The van der Waals surface area contributed by atoms with Crippen molar-refractivity contribution in [1.82, 2.24) is 14.7 Å². The second-order valence-electron chi connectivity index (χ2n) is 7.12. The van der Waals surface area contributed by atoms with E-state index in [0.717, 1.165) is 68.2 Å². The van der Waals surface area contributed by atoms with Crippen molar-refractivity contribution in [2.24, 2.45) is 0 Å². The summed E-state index contributed by atoms with van der Waals surface area (Å²) in [5, 5.41) is 4.81. The number of carbonyl (C=O) groups excluding carboxylic acids is 1. The maximum Gasteiger partial charge on any atom is 0.258 e. The van der Waals surface area contributed by atoms with Crippen LogP contribution in [-0.2, 0) is 12.8 Å². The monoisotopic (exact) mass is 355 g/mol. The molecule has 2 heterocycles. The molecule has 26 heavy (non-hydrogen) atoms. The maximum absolute atomic E-state index is 13.3. The van der Waals surface area contributed by atoms with Crippen LogP contribution in [0.15, 0.2) is 24.3 Å². The number of aryl methyl sites for hydroxylation is 2. The van der Waals surface area contributed by atoms with Crippen molar-refractivity contribution in [3.63, 3.8) is 0 Å². The van der Waals surface area contributed by atoms with Crippen LogP contribution in [0.5, 0.6) is 0 Å². The molecule has 0 unspecified atom stereocenters. The number of nitrogens with zero attached hydrogens (tertiary/aromatic N) is 3. The van der Waals surface area contributed by atoms with Crippen molar-refractivity contribution < 1.29 is 9.69 Å². The number of amides is 1. The number of hydrogen-bond donors (Lipinski definition) is 1. The van der Waals surface area contributed by atoms with Crippen LogP contribution >= 0.6 is 0 Å².